The first-order valence-corrected chi connectivity index (χ1v) is 13.7. The second-order valence-electron chi connectivity index (χ2n) is 8.60. The van der Waals surface area contributed by atoms with Crippen LogP contribution in [-0.2, 0) is 42.0 Å². The second-order valence-corrected chi connectivity index (χ2v) is 10.7. The highest BCUT2D eigenvalue weighted by atomic mass is 32.2. The van der Waals surface area contributed by atoms with Crippen molar-refractivity contribution in [1.29, 1.82) is 0 Å². The number of rotatable bonds is 17. The van der Waals surface area contributed by atoms with E-state index in [1.807, 2.05) is 42.5 Å². The highest BCUT2D eigenvalue weighted by molar-refractivity contribution is 7.89. The Morgan fingerprint density at radius 1 is 0.606 bits per heavy atom. The van der Waals surface area contributed by atoms with Crippen LogP contribution in [0.25, 0.3) is 0 Å². The zero-order chi connectivity index (χ0) is 24.0. The zero-order valence-electron chi connectivity index (χ0n) is 20.4. The Kier molecular flexibility index (Phi) is 12.1. The van der Waals surface area contributed by atoms with Crippen LogP contribution < -0.4 is 0 Å². The van der Waals surface area contributed by atoms with Gasteiger partial charge in [0.25, 0.3) is 5.97 Å². The molecule has 0 spiro atoms. The lowest BCUT2D eigenvalue weighted by atomic mass is 10.0. The maximum atomic E-state index is 12.5. The normalized spacial score (nSPS) is 12.2. The summed E-state index contributed by atoms with van der Waals surface area (Å²) in [4.78, 5) is 0. The third-order valence-electron chi connectivity index (χ3n) is 6.02. The second kappa shape index (κ2) is 14.5. The largest absolute Gasteiger partial charge is 0.331 e. The van der Waals surface area contributed by atoms with Crippen LogP contribution in [0.4, 0.5) is 0 Å². The third-order valence-corrected chi connectivity index (χ3v) is 7.57. The number of methoxy groups -OCH3 is 3. The molecule has 5 nitrogen and oxygen atoms in total. The molecule has 0 aromatic heterocycles. The average Bonchev–Trinajstić information content (AvgIpc) is 2.82. The predicted molar refractivity (Wildman–Crippen MR) is 134 cm³/mol. The number of benzene rings is 2. The van der Waals surface area contributed by atoms with Gasteiger partial charge in [0, 0.05) is 27.8 Å². The number of unbranched alkanes of at least 4 members (excludes halogenated alkanes) is 6. The highest BCUT2D eigenvalue weighted by Gasteiger charge is 2.28. The molecule has 33 heavy (non-hydrogen) atoms. The van der Waals surface area contributed by atoms with Crippen molar-refractivity contribution < 1.29 is 22.6 Å². The molecule has 0 amide bonds. The van der Waals surface area contributed by atoms with E-state index in [0.717, 1.165) is 43.2 Å². The number of ether oxygens (including phenoxy) is 3. The molecule has 0 atom stereocenters. The van der Waals surface area contributed by atoms with E-state index < -0.39 is 15.8 Å². The van der Waals surface area contributed by atoms with Gasteiger partial charge in [0.2, 0.25) is 0 Å². The van der Waals surface area contributed by atoms with Gasteiger partial charge in [-0.3, -0.25) is 0 Å². The van der Waals surface area contributed by atoms with Crippen LogP contribution in [0.3, 0.4) is 0 Å². The van der Waals surface area contributed by atoms with Gasteiger partial charge in [0.15, 0.2) is 9.84 Å². The Hall–Kier alpha value is -1.73. The van der Waals surface area contributed by atoms with Crippen molar-refractivity contribution in [1.82, 2.24) is 0 Å². The van der Waals surface area contributed by atoms with Crippen LogP contribution in [0.2, 0.25) is 0 Å². The summed E-state index contributed by atoms with van der Waals surface area (Å²) in [6.07, 6.45) is 9.99. The summed E-state index contributed by atoms with van der Waals surface area (Å²) in [5, 5.41) is 0. The van der Waals surface area contributed by atoms with Crippen molar-refractivity contribution in [3.63, 3.8) is 0 Å². The molecule has 0 N–H and O–H groups in total. The lowest BCUT2D eigenvalue weighted by Gasteiger charge is -2.28. The van der Waals surface area contributed by atoms with E-state index in [4.69, 9.17) is 14.2 Å². The summed E-state index contributed by atoms with van der Waals surface area (Å²) < 4.78 is 40.9. The van der Waals surface area contributed by atoms with Crippen LogP contribution in [0.5, 0.6) is 0 Å². The number of hydrogen-bond donors (Lipinski definition) is 0. The van der Waals surface area contributed by atoms with Crippen LogP contribution in [0.1, 0.15) is 68.1 Å². The smallest absolute Gasteiger partial charge is 0.282 e. The van der Waals surface area contributed by atoms with E-state index in [1.165, 1.54) is 31.2 Å². The summed E-state index contributed by atoms with van der Waals surface area (Å²) in [6.45, 7) is 0. The maximum absolute atomic E-state index is 12.5. The molecule has 0 aliphatic carbocycles. The van der Waals surface area contributed by atoms with Gasteiger partial charge in [-0.05, 0) is 36.0 Å². The van der Waals surface area contributed by atoms with Crippen LogP contribution in [0, 0.1) is 0 Å². The summed E-state index contributed by atoms with van der Waals surface area (Å²) in [6, 6.07) is 17.4. The molecule has 0 heterocycles. The number of aryl methyl sites for hydroxylation is 1. The van der Waals surface area contributed by atoms with Gasteiger partial charge in [0.1, 0.15) is 0 Å². The Labute approximate surface area is 200 Å². The Morgan fingerprint density at radius 3 is 1.61 bits per heavy atom. The van der Waals surface area contributed by atoms with Crippen molar-refractivity contribution in [2.75, 3.05) is 21.3 Å². The van der Waals surface area contributed by atoms with Crippen molar-refractivity contribution in [2.45, 2.75) is 75.3 Å². The van der Waals surface area contributed by atoms with E-state index in [9.17, 15) is 8.42 Å². The van der Waals surface area contributed by atoms with Crippen molar-refractivity contribution in [3.8, 4) is 0 Å². The van der Waals surface area contributed by atoms with Crippen LogP contribution in [0.15, 0.2) is 54.6 Å². The molecule has 0 unspecified atom stereocenters. The summed E-state index contributed by atoms with van der Waals surface area (Å²) in [7, 11) is 1.65. The average molecular weight is 477 g/mol. The molecule has 2 rings (SSSR count). The maximum Gasteiger partial charge on any atom is 0.282 e. The SMILES string of the molecule is COC(CCCCCCCCCc1ccc(CS(=O)(=O)Cc2ccccc2)cc1)(OC)OC. The molecule has 0 bridgehead atoms. The fraction of sp³-hybridized carbons (Fsp3) is 0.556. The monoisotopic (exact) mass is 476 g/mol. The molecule has 0 aliphatic rings. The van der Waals surface area contributed by atoms with Gasteiger partial charge in [-0.15, -0.1) is 0 Å². The minimum atomic E-state index is -3.17. The fourth-order valence-electron chi connectivity index (χ4n) is 4.05. The molecule has 0 saturated heterocycles. The summed E-state index contributed by atoms with van der Waals surface area (Å²) in [5.74, 6) is -0.730. The molecular formula is C27H40O5S. The summed E-state index contributed by atoms with van der Waals surface area (Å²) in [5.41, 5.74) is 2.96. The van der Waals surface area contributed by atoms with E-state index in [1.54, 1.807) is 21.3 Å². The van der Waals surface area contributed by atoms with Crippen LogP contribution in [-0.4, -0.2) is 35.7 Å². The quantitative estimate of drug-likeness (QED) is 0.205. The Morgan fingerprint density at radius 2 is 1.06 bits per heavy atom. The molecule has 6 heteroatoms. The molecule has 2 aromatic carbocycles. The molecule has 0 fully saturated rings. The lowest BCUT2D eigenvalue weighted by molar-refractivity contribution is -0.355. The molecule has 0 radical (unpaired) electrons. The molecule has 184 valence electrons. The minimum absolute atomic E-state index is 0.0849. The van der Waals surface area contributed by atoms with Crippen molar-refractivity contribution >= 4 is 9.84 Å². The first-order chi connectivity index (χ1) is 15.9. The predicted octanol–water partition coefficient (Wildman–Crippen LogP) is 6.06. The molecule has 0 aliphatic heterocycles. The summed E-state index contributed by atoms with van der Waals surface area (Å²) >= 11 is 0. The highest BCUT2D eigenvalue weighted by Crippen LogP contribution is 2.21. The molecule has 2 aromatic rings. The topological polar surface area (TPSA) is 61.8 Å². The van der Waals surface area contributed by atoms with Crippen LogP contribution >= 0.6 is 0 Å². The van der Waals surface area contributed by atoms with Gasteiger partial charge in [-0.25, -0.2) is 8.42 Å². The molecular weight excluding hydrogens is 436 g/mol. The first-order valence-electron chi connectivity index (χ1n) is 11.9. The van der Waals surface area contributed by atoms with Crippen molar-refractivity contribution in [2.24, 2.45) is 0 Å². The van der Waals surface area contributed by atoms with Gasteiger partial charge in [0.05, 0.1) is 11.5 Å². The first kappa shape index (κ1) is 27.5. The number of hydrogen-bond acceptors (Lipinski definition) is 5. The van der Waals surface area contributed by atoms with E-state index in [-0.39, 0.29) is 11.5 Å². The van der Waals surface area contributed by atoms with Gasteiger partial charge >= 0.3 is 0 Å². The van der Waals surface area contributed by atoms with Gasteiger partial charge < -0.3 is 14.2 Å². The van der Waals surface area contributed by atoms with Gasteiger partial charge in [-0.2, -0.15) is 0 Å². The third kappa shape index (κ3) is 10.4. The lowest BCUT2D eigenvalue weighted by Crippen LogP contribution is -2.35. The zero-order valence-corrected chi connectivity index (χ0v) is 21.2. The van der Waals surface area contributed by atoms with Gasteiger partial charge in [-0.1, -0.05) is 86.7 Å². The standard InChI is InChI=1S/C27H40O5S/c1-30-27(31-2,32-3)21-13-8-6-4-5-7-10-14-24-17-19-26(20-18-24)23-33(28,29)22-25-15-11-9-12-16-25/h9,11-12,15-20H,4-8,10,13-14,21-23H2,1-3H3. The Bertz CT molecular complexity index is 866. The Balaban J connectivity index is 1.59. The van der Waals surface area contributed by atoms with Crippen molar-refractivity contribution in [3.05, 3.63) is 71.3 Å². The fourth-order valence-corrected chi connectivity index (χ4v) is 5.55. The van der Waals surface area contributed by atoms with E-state index >= 15 is 0 Å². The molecule has 0 saturated carbocycles. The minimum Gasteiger partial charge on any atom is -0.331 e. The number of sulfone groups is 1. The van der Waals surface area contributed by atoms with E-state index in [2.05, 4.69) is 12.1 Å². The van der Waals surface area contributed by atoms with E-state index in [0.29, 0.717) is 0 Å².